The fourth-order valence-electron chi connectivity index (χ4n) is 3.66. The number of methoxy groups -OCH3 is 1. The van der Waals surface area contributed by atoms with E-state index in [1.807, 2.05) is 0 Å². The minimum Gasteiger partial charge on any atom is -0.481 e. The molecule has 1 fully saturated rings. The highest BCUT2D eigenvalue weighted by molar-refractivity contribution is 6.00. The van der Waals surface area contributed by atoms with E-state index < -0.39 is 18.0 Å². The predicted molar refractivity (Wildman–Crippen MR) is 122 cm³/mol. The summed E-state index contributed by atoms with van der Waals surface area (Å²) in [4.78, 5) is 35.2. The first-order chi connectivity index (χ1) is 15.9. The summed E-state index contributed by atoms with van der Waals surface area (Å²) >= 11 is 0. The minimum absolute atomic E-state index is 0.171. The van der Waals surface area contributed by atoms with Crippen LogP contribution in [0.3, 0.4) is 0 Å². The number of nitrogens with one attached hydrogen (secondary N) is 1. The van der Waals surface area contributed by atoms with E-state index in [1.54, 1.807) is 49.5 Å². The third-order valence-electron chi connectivity index (χ3n) is 5.44. The summed E-state index contributed by atoms with van der Waals surface area (Å²) in [6, 6.07) is 9.82. The number of cyclic esters (lactones) is 1. The molecule has 1 aromatic carbocycles. The summed E-state index contributed by atoms with van der Waals surface area (Å²) < 4.78 is 24.7. The Morgan fingerprint density at radius 2 is 2.15 bits per heavy atom. The molecule has 33 heavy (non-hydrogen) atoms. The molecule has 0 unspecified atom stereocenters. The Labute approximate surface area is 190 Å². The summed E-state index contributed by atoms with van der Waals surface area (Å²) in [5.41, 5.74) is 3.22. The van der Waals surface area contributed by atoms with E-state index in [1.165, 1.54) is 25.1 Å². The van der Waals surface area contributed by atoms with Gasteiger partial charge in [0.05, 0.1) is 30.4 Å². The van der Waals surface area contributed by atoms with Gasteiger partial charge in [0, 0.05) is 36.9 Å². The molecular formula is C24H23FN4O4. The average Bonchev–Trinajstić information content (AvgIpc) is 3.19. The van der Waals surface area contributed by atoms with Crippen LogP contribution >= 0.6 is 0 Å². The van der Waals surface area contributed by atoms with Crippen LogP contribution < -0.4 is 15.0 Å². The molecule has 1 aliphatic heterocycles. The van der Waals surface area contributed by atoms with E-state index in [2.05, 4.69) is 15.3 Å². The van der Waals surface area contributed by atoms with Crippen LogP contribution in [0.2, 0.25) is 0 Å². The van der Waals surface area contributed by atoms with Crippen LogP contribution in [0.25, 0.3) is 17.1 Å². The van der Waals surface area contributed by atoms with Crippen molar-refractivity contribution in [1.29, 1.82) is 0 Å². The van der Waals surface area contributed by atoms with Gasteiger partial charge in [-0.3, -0.25) is 14.7 Å². The molecular weight excluding hydrogens is 427 g/mol. The fourth-order valence-corrected chi connectivity index (χ4v) is 3.66. The van der Waals surface area contributed by atoms with Crippen LogP contribution in [0, 0.1) is 12.7 Å². The number of hydrogen-bond donors (Lipinski definition) is 1. The molecule has 170 valence electrons. The molecule has 1 atom stereocenters. The largest absolute Gasteiger partial charge is 0.481 e. The third kappa shape index (κ3) is 4.62. The second-order valence-corrected chi connectivity index (χ2v) is 7.62. The van der Waals surface area contributed by atoms with Crippen LogP contribution in [0.1, 0.15) is 17.5 Å². The Hall–Kier alpha value is -4.01. The number of carbonyl (C=O) groups is 2. The monoisotopic (exact) mass is 450 g/mol. The van der Waals surface area contributed by atoms with Crippen molar-refractivity contribution in [2.24, 2.45) is 0 Å². The number of benzene rings is 1. The second kappa shape index (κ2) is 9.23. The third-order valence-corrected chi connectivity index (χ3v) is 5.44. The number of hydrogen-bond acceptors (Lipinski definition) is 6. The smallest absolute Gasteiger partial charge is 0.414 e. The number of aryl methyl sites for hydroxylation is 1. The number of fused-ring (bicyclic) bond motifs is 1. The van der Waals surface area contributed by atoms with Crippen molar-refractivity contribution >= 4 is 34.8 Å². The molecule has 3 heterocycles. The number of anilines is 1. The summed E-state index contributed by atoms with van der Waals surface area (Å²) in [6.07, 6.45) is 2.34. The molecule has 0 aliphatic carbocycles. The SMILES string of the molecule is CNC(=O)C(=Cc1ccnc2ccc(OC)nc12)C[C@@H]1CN(c2ccc(C)c(F)c2)C(=O)O1. The maximum atomic E-state index is 14.0. The highest BCUT2D eigenvalue weighted by atomic mass is 19.1. The van der Waals surface area contributed by atoms with Crippen LogP contribution in [-0.2, 0) is 9.53 Å². The lowest BCUT2D eigenvalue weighted by Gasteiger charge is -2.14. The van der Waals surface area contributed by atoms with Crippen molar-refractivity contribution < 1.29 is 23.5 Å². The molecule has 0 spiro atoms. The van der Waals surface area contributed by atoms with Crippen molar-refractivity contribution in [2.45, 2.75) is 19.4 Å². The molecule has 3 aromatic rings. The molecule has 2 aromatic heterocycles. The van der Waals surface area contributed by atoms with E-state index >= 15 is 0 Å². The first kappa shape index (κ1) is 22.2. The van der Waals surface area contributed by atoms with Gasteiger partial charge in [-0.2, -0.15) is 0 Å². The molecule has 2 amide bonds. The van der Waals surface area contributed by atoms with Crippen molar-refractivity contribution in [2.75, 3.05) is 25.6 Å². The fraction of sp³-hybridized carbons (Fsp3) is 0.250. The average molecular weight is 450 g/mol. The lowest BCUT2D eigenvalue weighted by molar-refractivity contribution is -0.117. The van der Waals surface area contributed by atoms with Crippen LogP contribution in [0.5, 0.6) is 5.88 Å². The molecule has 9 heteroatoms. The van der Waals surface area contributed by atoms with Crippen LogP contribution in [0.15, 0.2) is 48.2 Å². The Morgan fingerprint density at radius 1 is 1.33 bits per heavy atom. The zero-order valence-electron chi connectivity index (χ0n) is 18.5. The molecule has 4 rings (SSSR count). The molecule has 0 saturated carbocycles. The van der Waals surface area contributed by atoms with E-state index in [4.69, 9.17) is 9.47 Å². The zero-order chi connectivity index (χ0) is 23.5. The lowest BCUT2D eigenvalue weighted by atomic mass is 10.0. The van der Waals surface area contributed by atoms with Gasteiger partial charge in [0.1, 0.15) is 11.9 Å². The van der Waals surface area contributed by atoms with Crippen molar-refractivity contribution in [1.82, 2.24) is 15.3 Å². The summed E-state index contributed by atoms with van der Waals surface area (Å²) in [5, 5.41) is 2.63. The zero-order valence-corrected chi connectivity index (χ0v) is 18.5. The Kier molecular flexibility index (Phi) is 6.21. The maximum Gasteiger partial charge on any atom is 0.414 e. The van der Waals surface area contributed by atoms with Crippen molar-refractivity contribution in [3.63, 3.8) is 0 Å². The number of ether oxygens (including phenoxy) is 2. The molecule has 1 saturated heterocycles. The van der Waals surface area contributed by atoms with Gasteiger partial charge in [0.25, 0.3) is 0 Å². The Balaban J connectivity index is 1.62. The van der Waals surface area contributed by atoms with Crippen molar-refractivity contribution in [3.05, 3.63) is 65.1 Å². The molecule has 1 aliphatic rings. The number of carbonyl (C=O) groups excluding carboxylic acids is 2. The molecule has 1 N–H and O–H groups in total. The highest BCUT2D eigenvalue weighted by Gasteiger charge is 2.34. The first-order valence-corrected chi connectivity index (χ1v) is 10.4. The number of nitrogens with zero attached hydrogens (tertiary/aromatic N) is 3. The molecule has 0 bridgehead atoms. The van der Waals surface area contributed by atoms with Crippen molar-refractivity contribution in [3.8, 4) is 5.88 Å². The number of halogens is 1. The number of likely N-dealkylation sites (N-methyl/N-ethyl adjacent to an activating group) is 1. The predicted octanol–water partition coefficient (Wildman–Crippen LogP) is 3.63. The number of rotatable bonds is 6. The van der Waals surface area contributed by atoms with E-state index in [9.17, 15) is 14.0 Å². The quantitative estimate of drug-likeness (QED) is 0.577. The van der Waals surface area contributed by atoms with Gasteiger partial charge < -0.3 is 14.8 Å². The van der Waals surface area contributed by atoms with Gasteiger partial charge in [-0.25, -0.2) is 14.2 Å². The minimum atomic E-state index is -0.583. The summed E-state index contributed by atoms with van der Waals surface area (Å²) in [6.45, 7) is 1.84. The Bertz CT molecular complexity index is 1260. The van der Waals surface area contributed by atoms with Gasteiger partial charge in [-0.1, -0.05) is 6.07 Å². The maximum absolute atomic E-state index is 14.0. The lowest BCUT2D eigenvalue weighted by Crippen LogP contribution is -2.26. The van der Waals surface area contributed by atoms with Gasteiger partial charge in [0.2, 0.25) is 11.8 Å². The standard InChI is InChI=1S/C24H23FN4O4/c1-14-4-5-17(12-19(14)25)29-13-18(33-24(29)31)11-16(23(30)26-2)10-15-8-9-27-20-6-7-21(32-3)28-22(15)20/h4-10,12,18H,11,13H2,1-3H3,(H,26,30)/t18-/m1/s1. The second-order valence-electron chi connectivity index (χ2n) is 7.62. The Morgan fingerprint density at radius 3 is 2.88 bits per heavy atom. The number of amides is 2. The molecule has 0 radical (unpaired) electrons. The number of pyridine rings is 2. The van der Waals surface area contributed by atoms with Crippen LogP contribution in [-0.4, -0.2) is 48.8 Å². The summed E-state index contributed by atoms with van der Waals surface area (Å²) in [7, 11) is 3.06. The highest BCUT2D eigenvalue weighted by Crippen LogP contribution is 2.28. The molecule has 8 nitrogen and oxygen atoms in total. The van der Waals surface area contributed by atoms with Gasteiger partial charge in [-0.15, -0.1) is 0 Å². The topological polar surface area (TPSA) is 93.6 Å². The van der Waals surface area contributed by atoms with Crippen LogP contribution in [0.4, 0.5) is 14.9 Å². The van der Waals surface area contributed by atoms with E-state index in [-0.39, 0.29) is 18.9 Å². The summed E-state index contributed by atoms with van der Waals surface area (Å²) in [5.74, 6) is -0.279. The van der Waals surface area contributed by atoms with E-state index in [0.717, 1.165) is 0 Å². The van der Waals surface area contributed by atoms with Gasteiger partial charge in [-0.05, 0) is 42.8 Å². The van der Waals surface area contributed by atoms with Gasteiger partial charge in [0.15, 0.2) is 0 Å². The number of aromatic nitrogens is 2. The van der Waals surface area contributed by atoms with E-state index in [0.29, 0.717) is 39.3 Å². The normalized spacial score (nSPS) is 16.1. The van der Waals surface area contributed by atoms with Gasteiger partial charge >= 0.3 is 6.09 Å². The first-order valence-electron chi connectivity index (χ1n) is 10.4.